The van der Waals surface area contributed by atoms with Crippen molar-refractivity contribution in [3.63, 3.8) is 0 Å². The zero-order valence-corrected chi connectivity index (χ0v) is 13.6. The number of amides is 1. The van der Waals surface area contributed by atoms with Crippen molar-refractivity contribution >= 4 is 16.9 Å². The monoisotopic (exact) mass is 339 g/mol. The van der Waals surface area contributed by atoms with Crippen LogP contribution in [0.1, 0.15) is 34.7 Å². The van der Waals surface area contributed by atoms with Gasteiger partial charge in [-0.05, 0) is 48.7 Å². The molecule has 1 aromatic carbocycles. The molecule has 5 nitrogen and oxygen atoms in total. The second-order valence-corrected chi connectivity index (χ2v) is 6.40. The summed E-state index contributed by atoms with van der Waals surface area (Å²) in [5, 5.41) is 10.4. The minimum atomic E-state index is -0.776. The van der Waals surface area contributed by atoms with Crippen LogP contribution in [0.25, 0.3) is 11.0 Å². The Morgan fingerprint density at radius 2 is 2.24 bits per heavy atom. The normalized spacial score (nSPS) is 17.8. The molecule has 0 saturated carbocycles. The van der Waals surface area contributed by atoms with Gasteiger partial charge < -0.3 is 15.0 Å². The minimum Gasteiger partial charge on any atom is -0.505 e. The summed E-state index contributed by atoms with van der Waals surface area (Å²) in [5.74, 6) is -1.21. The number of H-pyrrole nitrogens is 1. The maximum atomic E-state index is 13.5. The van der Waals surface area contributed by atoms with Gasteiger partial charge >= 0.3 is 0 Å². The van der Waals surface area contributed by atoms with E-state index >= 15 is 0 Å². The van der Waals surface area contributed by atoms with Crippen molar-refractivity contribution < 1.29 is 14.3 Å². The molecule has 1 fully saturated rings. The van der Waals surface area contributed by atoms with Crippen LogP contribution in [0.15, 0.2) is 42.7 Å². The predicted octanol–water partition coefficient (Wildman–Crippen LogP) is 3.43. The van der Waals surface area contributed by atoms with Crippen LogP contribution in [0.3, 0.4) is 0 Å². The van der Waals surface area contributed by atoms with Crippen molar-refractivity contribution in [2.75, 3.05) is 13.1 Å². The Morgan fingerprint density at radius 1 is 1.36 bits per heavy atom. The highest BCUT2D eigenvalue weighted by molar-refractivity contribution is 5.94. The van der Waals surface area contributed by atoms with Crippen molar-refractivity contribution in [2.45, 2.75) is 18.8 Å². The first-order valence-electron chi connectivity index (χ1n) is 8.33. The Bertz CT molecular complexity index is 937. The van der Waals surface area contributed by atoms with Crippen LogP contribution in [-0.2, 0) is 0 Å². The molecule has 0 bridgehead atoms. The van der Waals surface area contributed by atoms with Gasteiger partial charge in [-0.15, -0.1) is 0 Å². The van der Waals surface area contributed by atoms with Gasteiger partial charge in [-0.1, -0.05) is 0 Å². The van der Waals surface area contributed by atoms with Crippen LogP contribution in [-0.4, -0.2) is 39.0 Å². The maximum absolute atomic E-state index is 13.5. The molecule has 1 aliphatic rings. The lowest BCUT2D eigenvalue weighted by Gasteiger charge is -2.33. The van der Waals surface area contributed by atoms with E-state index in [0.29, 0.717) is 13.1 Å². The van der Waals surface area contributed by atoms with E-state index in [1.165, 1.54) is 12.1 Å². The molecule has 3 heterocycles. The largest absolute Gasteiger partial charge is 0.505 e. The van der Waals surface area contributed by atoms with Crippen molar-refractivity contribution in [1.82, 2.24) is 14.9 Å². The Hall–Kier alpha value is -2.89. The van der Waals surface area contributed by atoms with Gasteiger partial charge in [0.2, 0.25) is 0 Å². The number of phenols is 1. The van der Waals surface area contributed by atoms with Gasteiger partial charge in [-0.2, -0.15) is 0 Å². The number of phenolic OH excluding ortho intramolecular Hbond substituents is 1. The number of fused-ring (bicyclic) bond motifs is 1. The summed E-state index contributed by atoms with van der Waals surface area (Å²) >= 11 is 0. The van der Waals surface area contributed by atoms with E-state index < -0.39 is 11.6 Å². The lowest BCUT2D eigenvalue weighted by atomic mass is 9.90. The number of aromatic amines is 1. The van der Waals surface area contributed by atoms with Gasteiger partial charge in [0.1, 0.15) is 5.65 Å². The molecule has 6 heteroatoms. The number of hydrogen-bond donors (Lipinski definition) is 2. The van der Waals surface area contributed by atoms with Crippen molar-refractivity contribution in [3.05, 3.63) is 59.7 Å². The van der Waals surface area contributed by atoms with E-state index in [0.717, 1.165) is 35.5 Å². The lowest BCUT2D eigenvalue weighted by molar-refractivity contribution is 0.0707. The first-order valence-corrected chi connectivity index (χ1v) is 8.33. The average molecular weight is 339 g/mol. The van der Waals surface area contributed by atoms with E-state index in [1.54, 1.807) is 11.1 Å². The Kier molecular flexibility index (Phi) is 3.87. The van der Waals surface area contributed by atoms with Crippen LogP contribution >= 0.6 is 0 Å². The molecule has 1 unspecified atom stereocenters. The lowest BCUT2D eigenvalue weighted by Crippen LogP contribution is -2.39. The zero-order valence-electron chi connectivity index (χ0n) is 13.6. The smallest absolute Gasteiger partial charge is 0.253 e. The van der Waals surface area contributed by atoms with E-state index in [-0.39, 0.29) is 17.4 Å². The molecular weight excluding hydrogens is 321 g/mol. The standard InChI is InChI=1S/C19H18FN3O2/c20-16-9-12(5-6-17(16)24)19(25)23-8-2-3-13(11-23)15-10-22-18-14(15)4-1-7-21-18/h1,4-7,9-10,13,24H,2-3,8,11H2,(H,21,22). The fraction of sp³-hybridized carbons (Fsp3) is 0.263. The highest BCUT2D eigenvalue weighted by Gasteiger charge is 2.27. The third kappa shape index (κ3) is 2.84. The second-order valence-electron chi connectivity index (χ2n) is 6.40. The third-order valence-corrected chi connectivity index (χ3v) is 4.83. The number of rotatable bonds is 2. The van der Waals surface area contributed by atoms with Gasteiger partial charge in [0.05, 0.1) is 0 Å². The summed E-state index contributed by atoms with van der Waals surface area (Å²) in [6, 6.07) is 7.71. The predicted molar refractivity (Wildman–Crippen MR) is 92.0 cm³/mol. The molecule has 1 aliphatic heterocycles. The average Bonchev–Trinajstić information content (AvgIpc) is 3.08. The summed E-state index contributed by atoms with van der Waals surface area (Å²) in [5.41, 5.74) is 2.27. The molecule has 25 heavy (non-hydrogen) atoms. The third-order valence-electron chi connectivity index (χ3n) is 4.83. The molecule has 128 valence electrons. The van der Waals surface area contributed by atoms with Gasteiger partial charge in [-0.25, -0.2) is 9.37 Å². The molecule has 1 saturated heterocycles. The van der Waals surface area contributed by atoms with Crippen molar-refractivity contribution in [3.8, 4) is 5.75 Å². The number of halogens is 1. The number of aromatic hydroxyl groups is 1. The van der Waals surface area contributed by atoms with Crippen molar-refractivity contribution in [2.24, 2.45) is 0 Å². The minimum absolute atomic E-state index is 0.207. The van der Waals surface area contributed by atoms with Crippen LogP contribution in [0.5, 0.6) is 5.75 Å². The number of pyridine rings is 1. The van der Waals surface area contributed by atoms with Gasteiger partial charge in [0, 0.05) is 42.4 Å². The van der Waals surface area contributed by atoms with E-state index in [1.807, 2.05) is 18.3 Å². The summed E-state index contributed by atoms with van der Waals surface area (Å²) < 4.78 is 13.5. The van der Waals surface area contributed by atoms with Crippen LogP contribution in [0, 0.1) is 5.82 Å². The number of nitrogens with one attached hydrogen (secondary N) is 1. The SMILES string of the molecule is O=C(c1ccc(O)c(F)c1)N1CCCC(c2c[nH]c3ncccc23)C1. The molecule has 3 aromatic rings. The molecule has 2 aromatic heterocycles. The number of carbonyl (C=O) groups excluding carboxylic acids is 1. The maximum Gasteiger partial charge on any atom is 0.253 e. The highest BCUT2D eigenvalue weighted by Crippen LogP contribution is 2.32. The summed E-state index contributed by atoms with van der Waals surface area (Å²) in [7, 11) is 0. The molecule has 0 aliphatic carbocycles. The highest BCUT2D eigenvalue weighted by atomic mass is 19.1. The van der Waals surface area contributed by atoms with Crippen LogP contribution in [0.2, 0.25) is 0 Å². The van der Waals surface area contributed by atoms with E-state index in [2.05, 4.69) is 9.97 Å². The van der Waals surface area contributed by atoms with E-state index in [4.69, 9.17) is 0 Å². The summed E-state index contributed by atoms with van der Waals surface area (Å²) in [4.78, 5) is 22.0. The first kappa shape index (κ1) is 15.6. The van der Waals surface area contributed by atoms with E-state index in [9.17, 15) is 14.3 Å². The van der Waals surface area contributed by atoms with Crippen molar-refractivity contribution in [1.29, 1.82) is 0 Å². The number of likely N-dealkylation sites (tertiary alicyclic amines) is 1. The Balaban J connectivity index is 1.58. The van der Waals surface area contributed by atoms with Crippen LogP contribution < -0.4 is 0 Å². The molecule has 4 rings (SSSR count). The molecular formula is C19H18FN3O2. The van der Waals surface area contributed by atoms with Gasteiger partial charge in [0.25, 0.3) is 5.91 Å². The number of piperidine rings is 1. The quantitative estimate of drug-likeness (QED) is 0.751. The number of hydrogen-bond acceptors (Lipinski definition) is 3. The summed E-state index contributed by atoms with van der Waals surface area (Å²) in [6.45, 7) is 1.24. The number of aromatic nitrogens is 2. The topological polar surface area (TPSA) is 69.2 Å². The Morgan fingerprint density at radius 3 is 3.08 bits per heavy atom. The first-order chi connectivity index (χ1) is 12.1. The summed E-state index contributed by atoms with van der Waals surface area (Å²) in [6.07, 6.45) is 5.61. The Labute approximate surface area is 144 Å². The molecule has 1 atom stereocenters. The molecule has 2 N–H and O–H groups in total. The molecule has 0 radical (unpaired) electrons. The van der Waals surface area contributed by atoms with Gasteiger partial charge in [0.15, 0.2) is 11.6 Å². The number of carbonyl (C=O) groups is 1. The zero-order chi connectivity index (χ0) is 17.4. The molecule has 1 amide bonds. The fourth-order valence-electron chi connectivity index (χ4n) is 3.55. The second kappa shape index (κ2) is 6.20. The number of benzene rings is 1. The number of nitrogens with zero attached hydrogens (tertiary/aromatic N) is 2. The molecule has 0 spiro atoms. The fourth-order valence-corrected chi connectivity index (χ4v) is 3.55. The van der Waals surface area contributed by atoms with Gasteiger partial charge in [-0.3, -0.25) is 4.79 Å². The van der Waals surface area contributed by atoms with Crippen LogP contribution in [0.4, 0.5) is 4.39 Å².